The van der Waals surface area contributed by atoms with Gasteiger partial charge in [0.05, 0.1) is 6.54 Å². The second kappa shape index (κ2) is 6.87. The van der Waals surface area contributed by atoms with Crippen LogP contribution < -0.4 is 0 Å². The van der Waals surface area contributed by atoms with Gasteiger partial charge in [-0.25, -0.2) is 4.39 Å². The summed E-state index contributed by atoms with van der Waals surface area (Å²) >= 11 is 0. The van der Waals surface area contributed by atoms with Crippen molar-refractivity contribution in [2.45, 2.75) is 19.9 Å². The molecule has 1 aliphatic rings. The number of benzene rings is 1. The number of aromatic nitrogens is 2. The van der Waals surface area contributed by atoms with E-state index >= 15 is 0 Å². The van der Waals surface area contributed by atoms with Crippen molar-refractivity contribution in [1.82, 2.24) is 19.9 Å². The molecule has 0 saturated carbocycles. The van der Waals surface area contributed by atoms with E-state index < -0.39 is 0 Å². The first-order valence-electron chi connectivity index (χ1n) is 7.68. The zero-order valence-corrected chi connectivity index (χ0v) is 13.0. The van der Waals surface area contributed by atoms with Crippen molar-refractivity contribution in [2.24, 2.45) is 0 Å². The van der Waals surface area contributed by atoms with E-state index in [2.05, 4.69) is 15.0 Å². The molecular weight excluding hydrogens is 299 g/mol. The molecule has 7 heteroatoms. The Labute approximate surface area is 133 Å². The fraction of sp³-hybridized carbons (Fsp3) is 0.438. The number of aryl methyl sites for hydroxylation is 1. The minimum absolute atomic E-state index is 0.0551. The van der Waals surface area contributed by atoms with Gasteiger partial charge in [0.25, 0.3) is 5.91 Å². The molecule has 1 aromatic carbocycles. The van der Waals surface area contributed by atoms with Gasteiger partial charge in [0, 0.05) is 31.7 Å². The molecule has 1 aromatic heterocycles. The second-order valence-corrected chi connectivity index (χ2v) is 5.66. The Balaban J connectivity index is 1.59. The van der Waals surface area contributed by atoms with E-state index in [1.807, 2.05) is 4.90 Å². The van der Waals surface area contributed by atoms with Crippen LogP contribution in [0.1, 0.15) is 28.5 Å². The van der Waals surface area contributed by atoms with Gasteiger partial charge in [-0.3, -0.25) is 9.69 Å². The summed E-state index contributed by atoms with van der Waals surface area (Å²) in [6, 6.07) is 5.69. The Morgan fingerprint density at radius 2 is 2.00 bits per heavy atom. The minimum atomic E-state index is -0.335. The predicted molar refractivity (Wildman–Crippen MR) is 81.2 cm³/mol. The van der Waals surface area contributed by atoms with E-state index in [0.29, 0.717) is 36.9 Å². The van der Waals surface area contributed by atoms with Crippen molar-refractivity contribution >= 4 is 5.91 Å². The fourth-order valence-corrected chi connectivity index (χ4v) is 2.70. The molecule has 0 unspecified atom stereocenters. The van der Waals surface area contributed by atoms with Crippen molar-refractivity contribution in [1.29, 1.82) is 0 Å². The van der Waals surface area contributed by atoms with Gasteiger partial charge in [0.15, 0.2) is 5.82 Å². The predicted octanol–water partition coefficient (Wildman–Crippen LogP) is 1.87. The van der Waals surface area contributed by atoms with E-state index in [0.717, 1.165) is 19.5 Å². The first-order valence-corrected chi connectivity index (χ1v) is 7.68. The average Bonchev–Trinajstić information content (AvgIpc) is 2.81. The van der Waals surface area contributed by atoms with Crippen LogP contribution in [0.15, 0.2) is 28.8 Å². The highest BCUT2D eigenvalue weighted by Gasteiger charge is 2.21. The summed E-state index contributed by atoms with van der Waals surface area (Å²) in [6.45, 7) is 5.32. The minimum Gasteiger partial charge on any atom is -0.338 e. The SMILES string of the molecule is Cc1noc(CN2CCCN(C(=O)c3ccc(F)cc3)CC2)n1. The number of rotatable bonds is 3. The Hall–Kier alpha value is -2.28. The first-order chi connectivity index (χ1) is 11.1. The molecule has 23 heavy (non-hydrogen) atoms. The fourth-order valence-electron chi connectivity index (χ4n) is 2.70. The highest BCUT2D eigenvalue weighted by Crippen LogP contribution is 2.12. The molecule has 3 rings (SSSR count). The van der Waals surface area contributed by atoms with Crippen molar-refractivity contribution in [2.75, 3.05) is 26.2 Å². The lowest BCUT2D eigenvalue weighted by Gasteiger charge is -2.21. The van der Waals surface area contributed by atoms with Crippen molar-refractivity contribution < 1.29 is 13.7 Å². The van der Waals surface area contributed by atoms with Crippen LogP contribution in [0, 0.1) is 12.7 Å². The summed E-state index contributed by atoms with van der Waals surface area (Å²) in [5.74, 6) is 0.836. The molecule has 6 nitrogen and oxygen atoms in total. The number of carbonyl (C=O) groups excluding carboxylic acids is 1. The van der Waals surface area contributed by atoms with Crippen LogP contribution in [-0.4, -0.2) is 52.0 Å². The monoisotopic (exact) mass is 318 g/mol. The molecule has 2 heterocycles. The van der Waals surface area contributed by atoms with Gasteiger partial charge in [-0.05, 0) is 37.6 Å². The summed E-state index contributed by atoms with van der Waals surface area (Å²) in [5.41, 5.74) is 0.521. The molecule has 0 aliphatic carbocycles. The third kappa shape index (κ3) is 3.92. The number of hydrogen-bond donors (Lipinski definition) is 0. The number of amides is 1. The molecular formula is C16H19FN4O2. The van der Waals surface area contributed by atoms with Crippen LogP contribution in [0.2, 0.25) is 0 Å². The van der Waals surface area contributed by atoms with Gasteiger partial charge in [0.2, 0.25) is 5.89 Å². The number of hydrogen-bond acceptors (Lipinski definition) is 5. The first kappa shape index (κ1) is 15.6. The van der Waals surface area contributed by atoms with Crippen LogP contribution in [0.25, 0.3) is 0 Å². The van der Waals surface area contributed by atoms with E-state index in [1.165, 1.54) is 24.3 Å². The van der Waals surface area contributed by atoms with Gasteiger partial charge >= 0.3 is 0 Å². The van der Waals surface area contributed by atoms with E-state index in [9.17, 15) is 9.18 Å². The summed E-state index contributed by atoms with van der Waals surface area (Å²) in [6.07, 6.45) is 0.875. The third-order valence-electron chi connectivity index (χ3n) is 3.90. The quantitative estimate of drug-likeness (QED) is 0.864. The number of halogens is 1. The smallest absolute Gasteiger partial charge is 0.253 e. The van der Waals surface area contributed by atoms with Crippen LogP contribution in [-0.2, 0) is 6.54 Å². The molecule has 0 bridgehead atoms. The van der Waals surface area contributed by atoms with Gasteiger partial charge in [-0.1, -0.05) is 5.16 Å². The Bertz CT molecular complexity index is 671. The Morgan fingerprint density at radius 1 is 1.22 bits per heavy atom. The van der Waals surface area contributed by atoms with Crippen molar-refractivity contribution in [3.05, 3.63) is 47.4 Å². The molecule has 0 spiro atoms. The highest BCUT2D eigenvalue weighted by atomic mass is 19.1. The van der Waals surface area contributed by atoms with E-state index in [-0.39, 0.29) is 11.7 Å². The topological polar surface area (TPSA) is 62.5 Å². The van der Waals surface area contributed by atoms with Crippen LogP contribution in [0.4, 0.5) is 4.39 Å². The molecule has 1 saturated heterocycles. The average molecular weight is 318 g/mol. The third-order valence-corrected chi connectivity index (χ3v) is 3.90. The van der Waals surface area contributed by atoms with Crippen molar-refractivity contribution in [3.8, 4) is 0 Å². The molecule has 0 atom stereocenters. The van der Waals surface area contributed by atoms with Crippen LogP contribution in [0.3, 0.4) is 0 Å². The molecule has 0 N–H and O–H groups in total. The lowest BCUT2D eigenvalue weighted by molar-refractivity contribution is 0.0760. The molecule has 1 aliphatic heterocycles. The lowest BCUT2D eigenvalue weighted by atomic mass is 10.2. The van der Waals surface area contributed by atoms with Crippen LogP contribution >= 0.6 is 0 Å². The largest absolute Gasteiger partial charge is 0.338 e. The lowest BCUT2D eigenvalue weighted by Crippen LogP contribution is -2.35. The number of nitrogens with zero attached hydrogens (tertiary/aromatic N) is 4. The molecule has 0 radical (unpaired) electrons. The molecule has 1 amide bonds. The van der Waals surface area contributed by atoms with Gasteiger partial charge in [-0.15, -0.1) is 0 Å². The maximum Gasteiger partial charge on any atom is 0.253 e. The normalized spacial score (nSPS) is 16.3. The van der Waals surface area contributed by atoms with Gasteiger partial charge in [0.1, 0.15) is 5.82 Å². The maximum absolute atomic E-state index is 13.0. The van der Waals surface area contributed by atoms with Crippen LogP contribution in [0.5, 0.6) is 0 Å². The summed E-state index contributed by atoms with van der Waals surface area (Å²) < 4.78 is 18.1. The molecule has 122 valence electrons. The zero-order chi connectivity index (χ0) is 16.2. The summed E-state index contributed by atoms with van der Waals surface area (Å²) in [4.78, 5) is 20.7. The van der Waals surface area contributed by atoms with Crippen molar-refractivity contribution in [3.63, 3.8) is 0 Å². The standard InChI is InChI=1S/C16H19FN4O2/c1-12-18-15(23-19-12)11-20-7-2-8-21(10-9-20)16(22)13-3-5-14(17)6-4-13/h3-6H,2,7-11H2,1H3. The Kier molecular flexibility index (Phi) is 4.66. The maximum atomic E-state index is 13.0. The highest BCUT2D eigenvalue weighted by molar-refractivity contribution is 5.94. The Morgan fingerprint density at radius 3 is 2.70 bits per heavy atom. The number of carbonyl (C=O) groups is 1. The summed E-state index contributed by atoms with van der Waals surface area (Å²) in [7, 11) is 0. The van der Waals surface area contributed by atoms with E-state index in [4.69, 9.17) is 4.52 Å². The second-order valence-electron chi connectivity index (χ2n) is 5.66. The van der Waals surface area contributed by atoms with Gasteiger partial charge < -0.3 is 9.42 Å². The van der Waals surface area contributed by atoms with Gasteiger partial charge in [-0.2, -0.15) is 4.98 Å². The molecule has 2 aromatic rings. The summed E-state index contributed by atoms with van der Waals surface area (Å²) in [5, 5.41) is 3.79. The molecule has 1 fully saturated rings. The van der Waals surface area contributed by atoms with E-state index in [1.54, 1.807) is 6.92 Å². The zero-order valence-electron chi connectivity index (χ0n) is 13.0.